The van der Waals surface area contributed by atoms with Crippen LogP contribution in [0.5, 0.6) is 0 Å². The third kappa shape index (κ3) is 0.620. The van der Waals surface area contributed by atoms with Gasteiger partial charge in [-0.1, -0.05) is 0 Å². The zero-order chi connectivity index (χ0) is 6.97. The van der Waals surface area contributed by atoms with Gasteiger partial charge in [0.25, 0.3) is 0 Å². The number of halogens is 1. The lowest BCUT2D eigenvalue weighted by Crippen LogP contribution is -1.73. The monoisotopic (exact) mass is 135 g/mol. The first-order valence-electron chi connectivity index (χ1n) is 2.90. The fourth-order valence-corrected chi connectivity index (χ4v) is 0.898. The highest BCUT2D eigenvalue weighted by atomic mass is 19.1. The molecule has 1 aliphatic heterocycles. The molecule has 0 saturated heterocycles. The van der Waals surface area contributed by atoms with Crippen molar-refractivity contribution in [2.45, 2.75) is 0 Å². The molecule has 10 heavy (non-hydrogen) atoms. The molecule has 0 aromatic rings. The summed E-state index contributed by atoms with van der Waals surface area (Å²) >= 11 is 0. The summed E-state index contributed by atoms with van der Waals surface area (Å²) in [5.41, 5.74) is 1.24. The van der Waals surface area contributed by atoms with Gasteiger partial charge < -0.3 is 4.42 Å². The molecule has 0 N–H and O–H groups in total. The first-order valence-corrected chi connectivity index (χ1v) is 2.90. The van der Waals surface area contributed by atoms with Crippen molar-refractivity contribution in [1.29, 1.82) is 0 Å². The lowest BCUT2D eigenvalue weighted by molar-refractivity contribution is 0.544. The summed E-state index contributed by atoms with van der Waals surface area (Å²) in [6, 6.07) is 5.74. The molecule has 1 nitrogen and oxygen atoms in total. The first kappa shape index (κ1) is 5.47. The summed E-state index contributed by atoms with van der Waals surface area (Å²) < 4.78 is 17.4. The quantitative estimate of drug-likeness (QED) is 0.540. The average molecular weight is 135 g/mol. The van der Waals surface area contributed by atoms with E-state index in [1.807, 2.05) is 0 Å². The van der Waals surface area contributed by atoms with Gasteiger partial charge in [0.05, 0.1) is 11.8 Å². The van der Waals surface area contributed by atoms with Crippen molar-refractivity contribution in [2.24, 2.45) is 0 Å². The van der Waals surface area contributed by atoms with Gasteiger partial charge in [0, 0.05) is 0 Å². The molecule has 0 unspecified atom stereocenters. The molecule has 1 radical (unpaired) electrons. The molecular formula is C8H4FO. The Morgan fingerprint density at radius 2 is 2.40 bits per heavy atom. The van der Waals surface area contributed by atoms with E-state index >= 15 is 0 Å². The largest absolute Gasteiger partial charge is 0.472 e. The number of fused-ring (bicyclic) bond motifs is 1. The van der Waals surface area contributed by atoms with E-state index in [0.717, 1.165) is 5.56 Å². The summed E-state index contributed by atoms with van der Waals surface area (Å²) in [5, 5.41) is 0. The molecule has 2 aliphatic rings. The summed E-state index contributed by atoms with van der Waals surface area (Å²) in [5.74, 6) is -0.278. The van der Waals surface area contributed by atoms with Crippen LogP contribution in [0.2, 0.25) is 0 Å². The predicted molar refractivity (Wildman–Crippen MR) is 34.1 cm³/mol. The van der Waals surface area contributed by atoms with Crippen LogP contribution in [-0.2, 0) is 0 Å². The van der Waals surface area contributed by atoms with Crippen molar-refractivity contribution in [2.75, 3.05) is 0 Å². The molecule has 49 valence electrons. The van der Waals surface area contributed by atoms with E-state index in [9.17, 15) is 4.39 Å². The molecule has 0 atom stereocenters. The lowest BCUT2D eigenvalue weighted by Gasteiger charge is -1.93. The van der Waals surface area contributed by atoms with Crippen molar-refractivity contribution < 1.29 is 8.81 Å². The van der Waals surface area contributed by atoms with Crippen LogP contribution in [0.1, 0.15) is 0 Å². The van der Waals surface area contributed by atoms with Crippen LogP contribution in [0.25, 0.3) is 11.1 Å². The average Bonchev–Trinajstić information content (AvgIpc) is 2.34. The van der Waals surface area contributed by atoms with E-state index in [1.165, 1.54) is 18.6 Å². The minimum Gasteiger partial charge on any atom is -0.472 e. The van der Waals surface area contributed by atoms with Crippen molar-refractivity contribution in [1.82, 2.24) is 0 Å². The van der Waals surface area contributed by atoms with E-state index < -0.39 is 0 Å². The fourth-order valence-electron chi connectivity index (χ4n) is 0.898. The molecule has 0 spiro atoms. The molecule has 0 amide bonds. The van der Waals surface area contributed by atoms with Crippen LogP contribution in [0, 0.1) is 11.9 Å². The van der Waals surface area contributed by atoms with Gasteiger partial charge in [-0.25, -0.2) is 4.39 Å². The summed E-state index contributed by atoms with van der Waals surface area (Å²) in [4.78, 5) is 0. The Balaban J connectivity index is 2.78. The molecule has 1 aliphatic carbocycles. The maximum absolute atomic E-state index is 12.7. The number of rotatable bonds is 0. The van der Waals surface area contributed by atoms with Crippen molar-refractivity contribution in [3.05, 3.63) is 36.5 Å². The van der Waals surface area contributed by atoms with Gasteiger partial charge in [0.1, 0.15) is 12.1 Å². The highest BCUT2D eigenvalue weighted by Gasteiger charge is 2.07. The molecule has 0 bridgehead atoms. The molecule has 0 fully saturated rings. The molecule has 0 aromatic heterocycles. The zero-order valence-electron chi connectivity index (χ0n) is 5.10. The fraction of sp³-hybridized carbons (Fsp3) is 0. The van der Waals surface area contributed by atoms with Crippen molar-refractivity contribution in [3.63, 3.8) is 0 Å². The number of hydrogen-bond acceptors (Lipinski definition) is 1. The molecule has 1 heterocycles. The van der Waals surface area contributed by atoms with Crippen molar-refractivity contribution >= 4 is 0 Å². The molecular weight excluding hydrogens is 131 g/mol. The summed E-state index contributed by atoms with van der Waals surface area (Å²) in [7, 11) is 0. The number of hydrogen-bond donors (Lipinski definition) is 0. The van der Waals surface area contributed by atoms with Gasteiger partial charge in [-0.2, -0.15) is 0 Å². The smallest absolute Gasteiger partial charge is 0.134 e. The third-order valence-corrected chi connectivity index (χ3v) is 1.40. The van der Waals surface area contributed by atoms with Crippen LogP contribution in [0.15, 0.2) is 29.1 Å². The second kappa shape index (κ2) is 1.84. The standard InChI is InChI=1S/C8H4FO/c9-8-2-1-6-3-4-10-5-7(6)8/h2-5H. The lowest BCUT2D eigenvalue weighted by atomic mass is 10.2. The summed E-state index contributed by atoms with van der Waals surface area (Å²) in [6.45, 7) is 0. The Bertz CT molecular complexity index is 313. The van der Waals surface area contributed by atoms with Gasteiger partial charge in [0.2, 0.25) is 0 Å². The Morgan fingerprint density at radius 3 is 3.20 bits per heavy atom. The third-order valence-electron chi connectivity index (χ3n) is 1.40. The highest BCUT2D eigenvalue weighted by Crippen LogP contribution is 2.24. The van der Waals surface area contributed by atoms with Gasteiger partial charge in [-0.05, 0) is 23.8 Å². The van der Waals surface area contributed by atoms with Crippen LogP contribution in [0.3, 0.4) is 0 Å². The van der Waals surface area contributed by atoms with Gasteiger partial charge in [0.15, 0.2) is 0 Å². The molecule has 2 rings (SSSR count). The van der Waals surface area contributed by atoms with Crippen LogP contribution in [0.4, 0.5) is 4.39 Å². The van der Waals surface area contributed by atoms with Gasteiger partial charge in [-0.3, -0.25) is 0 Å². The van der Waals surface area contributed by atoms with Crippen molar-refractivity contribution in [3.8, 4) is 11.1 Å². The Morgan fingerprint density at radius 1 is 1.50 bits per heavy atom. The maximum Gasteiger partial charge on any atom is 0.134 e. The Kier molecular flexibility index (Phi) is 1.01. The minimum atomic E-state index is -0.278. The topological polar surface area (TPSA) is 13.1 Å². The second-order valence-electron chi connectivity index (χ2n) is 2.02. The molecule has 2 heteroatoms. The highest BCUT2D eigenvalue weighted by molar-refractivity contribution is 5.64. The van der Waals surface area contributed by atoms with E-state index in [4.69, 9.17) is 4.42 Å². The van der Waals surface area contributed by atoms with Crippen LogP contribution in [-0.4, -0.2) is 0 Å². The van der Waals surface area contributed by atoms with Crippen LogP contribution < -0.4 is 0 Å². The normalized spacial score (nSPS) is 10.5. The molecule has 0 aromatic carbocycles. The van der Waals surface area contributed by atoms with E-state index in [1.54, 1.807) is 6.07 Å². The van der Waals surface area contributed by atoms with Gasteiger partial charge in [-0.15, -0.1) is 0 Å². The Labute approximate surface area is 57.4 Å². The second-order valence-corrected chi connectivity index (χ2v) is 2.02. The maximum atomic E-state index is 12.7. The first-order chi connectivity index (χ1) is 4.88. The minimum absolute atomic E-state index is 0.278. The van der Waals surface area contributed by atoms with E-state index in [-0.39, 0.29) is 5.82 Å². The Hall–Kier alpha value is -1.31. The van der Waals surface area contributed by atoms with E-state index in [0.29, 0.717) is 5.56 Å². The zero-order valence-corrected chi connectivity index (χ0v) is 5.10. The predicted octanol–water partition coefficient (Wildman–Crippen LogP) is 2.32. The SMILES string of the molecule is Fc1c[c]c2ccocc1-2. The van der Waals surface area contributed by atoms with E-state index in [2.05, 4.69) is 6.07 Å². The van der Waals surface area contributed by atoms with Gasteiger partial charge >= 0.3 is 0 Å². The summed E-state index contributed by atoms with van der Waals surface area (Å²) in [6.07, 6.45) is 2.87. The molecule has 0 saturated carbocycles. The van der Waals surface area contributed by atoms with Crippen LogP contribution >= 0.6 is 0 Å².